The third-order valence-electron chi connectivity index (χ3n) is 2.87. The minimum atomic E-state index is -0.747. The van der Waals surface area contributed by atoms with Gasteiger partial charge in [0.1, 0.15) is 5.82 Å². The van der Waals surface area contributed by atoms with Crippen molar-refractivity contribution in [3.63, 3.8) is 0 Å². The van der Waals surface area contributed by atoms with Crippen molar-refractivity contribution < 1.29 is 18.7 Å². The van der Waals surface area contributed by atoms with Gasteiger partial charge in [0.05, 0.1) is 5.56 Å². The fraction of sp³-hybridized carbons (Fsp3) is 0.429. The van der Waals surface area contributed by atoms with E-state index in [4.69, 9.17) is 4.74 Å². The Kier molecular flexibility index (Phi) is 6.13. The Morgan fingerprint density at radius 3 is 2.60 bits per heavy atom. The van der Waals surface area contributed by atoms with Gasteiger partial charge in [0.15, 0.2) is 6.61 Å². The fourth-order valence-corrected chi connectivity index (χ4v) is 1.73. The standard InChI is InChI=1S/C14H17BrFNO3/c1-8(2)9(3)17-13(18)7-20-14(19)11-6-10(16)4-5-12(11)15/h4-6,8-9H,7H2,1-3H3,(H,17,18)/t9-/m1/s1. The zero-order valence-corrected chi connectivity index (χ0v) is 13.2. The second-order valence-corrected chi connectivity index (χ2v) is 5.65. The lowest BCUT2D eigenvalue weighted by Crippen LogP contribution is -2.38. The van der Waals surface area contributed by atoms with E-state index in [9.17, 15) is 14.0 Å². The number of benzene rings is 1. The Hall–Kier alpha value is -1.43. The average molecular weight is 346 g/mol. The first kappa shape index (κ1) is 16.6. The first-order valence-corrected chi connectivity index (χ1v) is 7.02. The monoisotopic (exact) mass is 345 g/mol. The molecule has 0 bridgehead atoms. The molecular formula is C14H17BrFNO3. The molecule has 0 aliphatic rings. The van der Waals surface area contributed by atoms with E-state index >= 15 is 0 Å². The van der Waals surface area contributed by atoms with Crippen molar-refractivity contribution in [3.8, 4) is 0 Å². The van der Waals surface area contributed by atoms with Crippen LogP contribution in [-0.2, 0) is 9.53 Å². The van der Waals surface area contributed by atoms with E-state index in [0.717, 1.165) is 6.07 Å². The summed E-state index contributed by atoms with van der Waals surface area (Å²) in [5.41, 5.74) is 0.0507. The van der Waals surface area contributed by atoms with Gasteiger partial charge in [0.2, 0.25) is 0 Å². The van der Waals surface area contributed by atoms with Crippen LogP contribution in [0.5, 0.6) is 0 Å². The lowest BCUT2D eigenvalue weighted by atomic mass is 10.1. The molecule has 0 heterocycles. The van der Waals surface area contributed by atoms with Crippen LogP contribution in [0.4, 0.5) is 4.39 Å². The van der Waals surface area contributed by atoms with Crippen molar-refractivity contribution in [3.05, 3.63) is 34.1 Å². The Morgan fingerprint density at radius 2 is 2.00 bits per heavy atom. The Balaban J connectivity index is 2.55. The van der Waals surface area contributed by atoms with Crippen molar-refractivity contribution >= 4 is 27.8 Å². The van der Waals surface area contributed by atoms with Crippen LogP contribution in [0.1, 0.15) is 31.1 Å². The van der Waals surface area contributed by atoms with E-state index < -0.39 is 18.4 Å². The lowest BCUT2D eigenvalue weighted by molar-refractivity contribution is -0.125. The second-order valence-electron chi connectivity index (χ2n) is 4.80. The molecule has 1 N–H and O–H groups in total. The molecule has 0 fully saturated rings. The Labute approximate surface area is 125 Å². The summed E-state index contributed by atoms with van der Waals surface area (Å²) < 4.78 is 18.3. The number of hydrogen-bond donors (Lipinski definition) is 1. The number of hydrogen-bond acceptors (Lipinski definition) is 3. The van der Waals surface area contributed by atoms with Crippen LogP contribution in [0.25, 0.3) is 0 Å². The van der Waals surface area contributed by atoms with Crippen LogP contribution in [0.2, 0.25) is 0 Å². The van der Waals surface area contributed by atoms with E-state index in [1.807, 2.05) is 20.8 Å². The molecule has 0 saturated heterocycles. The number of amides is 1. The fourth-order valence-electron chi connectivity index (χ4n) is 1.33. The summed E-state index contributed by atoms with van der Waals surface area (Å²) in [6.07, 6.45) is 0. The molecule has 1 atom stereocenters. The average Bonchev–Trinajstić information content (AvgIpc) is 2.38. The van der Waals surface area contributed by atoms with Gasteiger partial charge in [-0.1, -0.05) is 13.8 Å². The number of carbonyl (C=O) groups is 2. The van der Waals surface area contributed by atoms with Crippen LogP contribution in [0.15, 0.2) is 22.7 Å². The van der Waals surface area contributed by atoms with Gasteiger partial charge in [-0.05, 0) is 47.0 Å². The Morgan fingerprint density at radius 1 is 1.35 bits per heavy atom. The molecule has 1 rings (SSSR count). The van der Waals surface area contributed by atoms with Crippen molar-refractivity contribution in [1.82, 2.24) is 5.32 Å². The molecule has 0 saturated carbocycles. The molecular weight excluding hydrogens is 329 g/mol. The van der Waals surface area contributed by atoms with E-state index in [1.165, 1.54) is 12.1 Å². The van der Waals surface area contributed by atoms with E-state index in [2.05, 4.69) is 21.2 Å². The van der Waals surface area contributed by atoms with Crippen molar-refractivity contribution in [2.45, 2.75) is 26.8 Å². The summed E-state index contributed by atoms with van der Waals surface area (Å²) in [6, 6.07) is 3.67. The normalized spacial score (nSPS) is 12.1. The van der Waals surface area contributed by atoms with Crippen LogP contribution in [0, 0.1) is 11.7 Å². The molecule has 0 aliphatic carbocycles. The zero-order valence-electron chi connectivity index (χ0n) is 11.6. The lowest BCUT2D eigenvalue weighted by Gasteiger charge is -2.17. The van der Waals surface area contributed by atoms with Gasteiger partial charge in [0, 0.05) is 10.5 Å². The van der Waals surface area contributed by atoms with Crippen LogP contribution in [0.3, 0.4) is 0 Å². The summed E-state index contributed by atoms with van der Waals surface area (Å²) >= 11 is 3.13. The topological polar surface area (TPSA) is 55.4 Å². The highest BCUT2D eigenvalue weighted by molar-refractivity contribution is 9.10. The highest BCUT2D eigenvalue weighted by Crippen LogP contribution is 2.18. The van der Waals surface area contributed by atoms with Gasteiger partial charge >= 0.3 is 5.97 Å². The highest BCUT2D eigenvalue weighted by Gasteiger charge is 2.16. The van der Waals surface area contributed by atoms with Crippen LogP contribution in [-0.4, -0.2) is 24.5 Å². The van der Waals surface area contributed by atoms with Gasteiger partial charge in [-0.2, -0.15) is 0 Å². The number of nitrogens with one attached hydrogen (secondary N) is 1. The molecule has 0 aromatic heterocycles. The molecule has 0 aliphatic heterocycles. The molecule has 1 amide bonds. The molecule has 6 heteroatoms. The van der Waals surface area contributed by atoms with Gasteiger partial charge in [-0.25, -0.2) is 9.18 Å². The van der Waals surface area contributed by atoms with Crippen molar-refractivity contribution in [2.75, 3.05) is 6.61 Å². The molecule has 1 aromatic rings. The maximum absolute atomic E-state index is 13.1. The van der Waals surface area contributed by atoms with Gasteiger partial charge in [-0.3, -0.25) is 4.79 Å². The molecule has 110 valence electrons. The van der Waals surface area contributed by atoms with Gasteiger partial charge < -0.3 is 10.1 Å². The summed E-state index contributed by atoms with van der Waals surface area (Å²) in [5.74, 6) is -1.39. The number of esters is 1. The first-order valence-electron chi connectivity index (χ1n) is 6.22. The number of carbonyl (C=O) groups excluding carboxylic acids is 2. The molecule has 0 spiro atoms. The quantitative estimate of drug-likeness (QED) is 0.834. The maximum atomic E-state index is 13.1. The molecule has 0 unspecified atom stereocenters. The predicted octanol–water partition coefficient (Wildman–Crippen LogP) is 2.91. The van der Waals surface area contributed by atoms with E-state index in [0.29, 0.717) is 4.47 Å². The van der Waals surface area contributed by atoms with E-state index in [-0.39, 0.29) is 23.4 Å². The van der Waals surface area contributed by atoms with E-state index in [1.54, 1.807) is 0 Å². The summed E-state index contributed by atoms with van der Waals surface area (Å²) in [4.78, 5) is 23.3. The third-order valence-corrected chi connectivity index (χ3v) is 3.56. The summed E-state index contributed by atoms with van der Waals surface area (Å²) in [5, 5.41) is 2.71. The predicted molar refractivity (Wildman–Crippen MR) is 76.8 cm³/mol. The summed E-state index contributed by atoms with van der Waals surface area (Å²) in [7, 11) is 0. The molecule has 20 heavy (non-hydrogen) atoms. The largest absolute Gasteiger partial charge is 0.452 e. The smallest absolute Gasteiger partial charge is 0.339 e. The third kappa shape index (κ3) is 4.92. The van der Waals surface area contributed by atoms with Crippen LogP contribution >= 0.6 is 15.9 Å². The molecule has 1 aromatic carbocycles. The highest BCUT2D eigenvalue weighted by atomic mass is 79.9. The second kappa shape index (κ2) is 7.38. The van der Waals surface area contributed by atoms with Gasteiger partial charge in [-0.15, -0.1) is 0 Å². The number of rotatable bonds is 5. The maximum Gasteiger partial charge on any atom is 0.339 e. The Bertz CT molecular complexity index is 505. The van der Waals surface area contributed by atoms with Gasteiger partial charge in [0.25, 0.3) is 5.91 Å². The minimum Gasteiger partial charge on any atom is -0.452 e. The molecule has 4 nitrogen and oxygen atoms in total. The first-order chi connectivity index (χ1) is 9.31. The van der Waals surface area contributed by atoms with Crippen molar-refractivity contribution in [1.29, 1.82) is 0 Å². The number of halogens is 2. The minimum absolute atomic E-state index is 0.0119. The van der Waals surface area contributed by atoms with Crippen LogP contribution < -0.4 is 5.32 Å². The molecule has 0 radical (unpaired) electrons. The number of ether oxygens (including phenoxy) is 1. The zero-order chi connectivity index (χ0) is 15.3. The van der Waals surface area contributed by atoms with Crippen molar-refractivity contribution in [2.24, 2.45) is 5.92 Å². The SMILES string of the molecule is CC(C)[C@@H](C)NC(=O)COC(=O)c1cc(F)ccc1Br. The summed E-state index contributed by atoms with van der Waals surface area (Å²) in [6.45, 7) is 5.42.